The SMILES string of the molecule is C/C=C/Cn1cc(B2OC(C)(C)C(C)(C)O2)c2cc(C)[nH]c2c1=O. The van der Waals surface area contributed by atoms with Crippen LogP contribution in [0.25, 0.3) is 10.9 Å². The number of hydrogen-bond donors (Lipinski definition) is 1. The van der Waals surface area contributed by atoms with Crippen LogP contribution in [0.15, 0.2) is 29.2 Å². The Morgan fingerprint density at radius 3 is 2.46 bits per heavy atom. The minimum atomic E-state index is -0.495. The molecule has 0 amide bonds. The van der Waals surface area contributed by atoms with Gasteiger partial charge in [0, 0.05) is 29.3 Å². The Morgan fingerprint density at radius 2 is 1.88 bits per heavy atom. The third kappa shape index (κ3) is 2.64. The summed E-state index contributed by atoms with van der Waals surface area (Å²) >= 11 is 0. The standard InChI is InChI=1S/C18H25BN2O3/c1-7-8-9-21-11-14(13-10-12(2)20-15(13)16(21)22)19-23-17(3,4)18(5,6)24-19/h7-8,10-11,20H,9H2,1-6H3/b8-7+. The molecular weight excluding hydrogens is 303 g/mol. The van der Waals surface area contributed by atoms with Crippen LogP contribution in [-0.4, -0.2) is 27.9 Å². The van der Waals surface area contributed by atoms with Crippen molar-refractivity contribution in [3.63, 3.8) is 0 Å². The average Bonchev–Trinajstić information content (AvgIpc) is 2.96. The number of aromatic nitrogens is 2. The molecule has 2 aromatic heterocycles. The van der Waals surface area contributed by atoms with Gasteiger partial charge in [0.15, 0.2) is 0 Å². The van der Waals surface area contributed by atoms with Gasteiger partial charge in [-0.25, -0.2) is 0 Å². The summed E-state index contributed by atoms with van der Waals surface area (Å²) in [5.41, 5.74) is 1.57. The lowest BCUT2D eigenvalue weighted by Crippen LogP contribution is -2.41. The average molecular weight is 328 g/mol. The van der Waals surface area contributed by atoms with Gasteiger partial charge < -0.3 is 18.9 Å². The van der Waals surface area contributed by atoms with Crippen molar-refractivity contribution in [1.29, 1.82) is 0 Å². The maximum absolute atomic E-state index is 12.7. The predicted octanol–water partition coefficient (Wildman–Crippen LogP) is 2.51. The fraction of sp³-hybridized carbons (Fsp3) is 0.500. The lowest BCUT2D eigenvalue weighted by atomic mass is 9.78. The van der Waals surface area contributed by atoms with Crippen LogP contribution in [0.3, 0.4) is 0 Å². The van der Waals surface area contributed by atoms with Gasteiger partial charge in [-0.05, 0) is 47.6 Å². The van der Waals surface area contributed by atoms with Crippen molar-refractivity contribution in [2.45, 2.75) is 59.3 Å². The molecular formula is C18H25BN2O3. The molecule has 0 aromatic carbocycles. The predicted molar refractivity (Wildman–Crippen MR) is 97.8 cm³/mol. The Morgan fingerprint density at radius 1 is 1.25 bits per heavy atom. The first-order chi connectivity index (χ1) is 11.2. The van der Waals surface area contributed by atoms with E-state index in [1.165, 1.54) is 0 Å². The first-order valence-corrected chi connectivity index (χ1v) is 8.36. The molecule has 0 bridgehead atoms. The Kier molecular flexibility index (Phi) is 4.01. The number of pyridine rings is 1. The molecule has 0 spiro atoms. The van der Waals surface area contributed by atoms with Crippen LogP contribution >= 0.6 is 0 Å². The quantitative estimate of drug-likeness (QED) is 0.696. The van der Waals surface area contributed by atoms with E-state index in [0.29, 0.717) is 12.1 Å². The molecule has 0 aliphatic carbocycles. The van der Waals surface area contributed by atoms with Gasteiger partial charge in [-0.1, -0.05) is 12.2 Å². The Hall–Kier alpha value is -1.79. The minimum Gasteiger partial charge on any atom is -0.399 e. The van der Waals surface area contributed by atoms with E-state index in [1.54, 1.807) is 4.57 Å². The van der Waals surface area contributed by atoms with E-state index in [-0.39, 0.29) is 5.56 Å². The second kappa shape index (κ2) is 5.64. The lowest BCUT2D eigenvalue weighted by molar-refractivity contribution is 0.00578. The number of hydrogen-bond acceptors (Lipinski definition) is 3. The van der Waals surface area contributed by atoms with Crippen molar-refractivity contribution < 1.29 is 9.31 Å². The number of allylic oxidation sites excluding steroid dienone is 2. The number of aromatic amines is 1. The fourth-order valence-electron chi connectivity index (χ4n) is 2.94. The van der Waals surface area contributed by atoms with Crippen LogP contribution < -0.4 is 11.0 Å². The summed E-state index contributed by atoms with van der Waals surface area (Å²) in [6, 6.07) is 1.98. The Labute approximate surface area is 142 Å². The molecule has 0 unspecified atom stereocenters. The van der Waals surface area contributed by atoms with Gasteiger partial charge in [0.2, 0.25) is 0 Å². The summed E-state index contributed by atoms with van der Waals surface area (Å²) < 4.78 is 14.1. The highest BCUT2D eigenvalue weighted by Gasteiger charge is 2.52. The molecule has 5 nitrogen and oxygen atoms in total. The zero-order valence-corrected chi connectivity index (χ0v) is 15.3. The molecule has 0 atom stereocenters. The number of nitrogens with one attached hydrogen (secondary N) is 1. The van der Waals surface area contributed by atoms with Gasteiger partial charge in [-0.2, -0.15) is 0 Å². The maximum Gasteiger partial charge on any atom is 0.497 e. The lowest BCUT2D eigenvalue weighted by Gasteiger charge is -2.32. The number of aryl methyl sites for hydroxylation is 1. The summed E-state index contributed by atoms with van der Waals surface area (Å²) in [6.45, 7) is 12.5. The van der Waals surface area contributed by atoms with Crippen LogP contribution in [0.2, 0.25) is 0 Å². The molecule has 1 N–H and O–H groups in total. The normalized spacial score (nSPS) is 19.7. The third-order valence-electron chi connectivity index (χ3n) is 5.08. The highest BCUT2D eigenvalue weighted by molar-refractivity contribution is 6.65. The first kappa shape index (κ1) is 17.1. The Bertz CT molecular complexity index is 845. The molecule has 1 aliphatic heterocycles. The van der Waals surface area contributed by atoms with Crippen molar-refractivity contribution >= 4 is 23.5 Å². The highest BCUT2D eigenvalue weighted by atomic mass is 16.7. The van der Waals surface area contributed by atoms with Gasteiger partial charge >= 0.3 is 7.12 Å². The summed E-state index contributed by atoms with van der Waals surface area (Å²) in [6.07, 6.45) is 5.75. The number of rotatable bonds is 3. The van der Waals surface area contributed by atoms with Crippen molar-refractivity contribution in [2.24, 2.45) is 0 Å². The molecule has 1 aliphatic rings. The third-order valence-corrected chi connectivity index (χ3v) is 5.08. The second-order valence-corrected chi connectivity index (χ2v) is 7.44. The molecule has 0 radical (unpaired) electrons. The second-order valence-electron chi connectivity index (χ2n) is 7.44. The minimum absolute atomic E-state index is 0.0310. The van der Waals surface area contributed by atoms with Crippen molar-refractivity contribution in [2.75, 3.05) is 0 Å². The van der Waals surface area contributed by atoms with Gasteiger partial charge in [-0.15, -0.1) is 0 Å². The smallest absolute Gasteiger partial charge is 0.399 e. The van der Waals surface area contributed by atoms with E-state index in [1.807, 2.05) is 66.0 Å². The first-order valence-electron chi connectivity index (χ1n) is 8.36. The van der Waals surface area contributed by atoms with Crippen LogP contribution in [-0.2, 0) is 15.9 Å². The molecule has 3 rings (SSSR count). The van der Waals surface area contributed by atoms with Crippen LogP contribution in [0.1, 0.15) is 40.3 Å². The van der Waals surface area contributed by atoms with E-state index < -0.39 is 18.3 Å². The molecule has 3 heterocycles. The number of H-pyrrole nitrogens is 1. The molecule has 0 saturated carbocycles. The van der Waals surface area contributed by atoms with Gasteiger partial charge in [0.05, 0.1) is 11.2 Å². The van der Waals surface area contributed by atoms with E-state index in [4.69, 9.17) is 9.31 Å². The molecule has 2 aromatic rings. The highest BCUT2D eigenvalue weighted by Crippen LogP contribution is 2.36. The molecule has 24 heavy (non-hydrogen) atoms. The van der Waals surface area contributed by atoms with Gasteiger partial charge in [0.1, 0.15) is 5.52 Å². The molecule has 1 saturated heterocycles. The van der Waals surface area contributed by atoms with E-state index in [9.17, 15) is 4.79 Å². The van der Waals surface area contributed by atoms with Crippen LogP contribution in [0, 0.1) is 6.92 Å². The maximum atomic E-state index is 12.7. The number of nitrogens with zero attached hydrogens (tertiary/aromatic N) is 1. The van der Waals surface area contributed by atoms with Crippen LogP contribution in [0.5, 0.6) is 0 Å². The molecule has 6 heteroatoms. The van der Waals surface area contributed by atoms with E-state index >= 15 is 0 Å². The van der Waals surface area contributed by atoms with Crippen molar-refractivity contribution in [1.82, 2.24) is 9.55 Å². The van der Waals surface area contributed by atoms with E-state index in [2.05, 4.69) is 4.98 Å². The largest absolute Gasteiger partial charge is 0.497 e. The van der Waals surface area contributed by atoms with E-state index in [0.717, 1.165) is 16.5 Å². The van der Waals surface area contributed by atoms with Crippen molar-refractivity contribution in [3.05, 3.63) is 40.5 Å². The summed E-state index contributed by atoms with van der Waals surface area (Å²) in [7, 11) is -0.495. The monoisotopic (exact) mass is 328 g/mol. The zero-order chi connectivity index (χ0) is 17.7. The zero-order valence-electron chi connectivity index (χ0n) is 15.3. The van der Waals surface area contributed by atoms with Crippen LogP contribution in [0.4, 0.5) is 0 Å². The van der Waals surface area contributed by atoms with Gasteiger partial charge in [0.25, 0.3) is 5.56 Å². The molecule has 1 fully saturated rings. The Balaban J connectivity index is 2.17. The summed E-state index contributed by atoms with van der Waals surface area (Å²) in [5.74, 6) is 0. The fourth-order valence-corrected chi connectivity index (χ4v) is 2.94. The summed E-state index contributed by atoms with van der Waals surface area (Å²) in [4.78, 5) is 15.9. The summed E-state index contributed by atoms with van der Waals surface area (Å²) in [5, 5.41) is 0.868. The van der Waals surface area contributed by atoms with Crippen molar-refractivity contribution in [3.8, 4) is 0 Å². The van der Waals surface area contributed by atoms with Gasteiger partial charge in [-0.3, -0.25) is 4.79 Å². The number of fused-ring (bicyclic) bond motifs is 1. The molecule has 128 valence electrons. The topological polar surface area (TPSA) is 56.2 Å².